The van der Waals surface area contributed by atoms with E-state index in [-0.39, 0.29) is 5.91 Å². The van der Waals surface area contributed by atoms with Crippen LogP contribution in [0.5, 0.6) is 0 Å². The Hall–Kier alpha value is -1.01. The molecule has 1 saturated heterocycles. The number of nitrogens with one attached hydrogen (secondary N) is 1. The molecule has 2 aromatic rings. The van der Waals surface area contributed by atoms with Gasteiger partial charge in [0.05, 0.1) is 4.88 Å². The maximum atomic E-state index is 12.7. The summed E-state index contributed by atoms with van der Waals surface area (Å²) in [5, 5.41) is 3.90. The number of thiophene rings is 1. The van der Waals surface area contributed by atoms with Gasteiger partial charge in [-0.1, -0.05) is 31.0 Å². The summed E-state index contributed by atoms with van der Waals surface area (Å²) >= 11 is 9.53. The first-order valence-corrected chi connectivity index (χ1v) is 12.4. The van der Waals surface area contributed by atoms with Gasteiger partial charge in [0.15, 0.2) is 0 Å². The highest BCUT2D eigenvalue weighted by Crippen LogP contribution is 2.46. The molecule has 3 nitrogen and oxygen atoms in total. The molecule has 0 bridgehead atoms. The first kappa shape index (κ1) is 20.3. The van der Waals surface area contributed by atoms with Gasteiger partial charge in [0.2, 0.25) is 0 Å². The lowest BCUT2D eigenvalue weighted by atomic mass is 10.00. The van der Waals surface area contributed by atoms with Crippen molar-refractivity contribution < 1.29 is 4.79 Å². The van der Waals surface area contributed by atoms with E-state index < -0.39 is 0 Å². The first-order chi connectivity index (χ1) is 13.7. The molecule has 0 radical (unpaired) electrons. The molecule has 150 valence electrons. The largest absolute Gasteiger partial charge is 0.351 e. The molecule has 28 heavy (non-hydrogen) atoms. The number of nitrogens with zero attached hydrogens (tertiary/aromatic N) is 1. The minimum atomic E-state index is 0.0607. The maximum absolute atomic E-state index is 12.7. The normalized spacial score (nSPS) is 19.1. The Bertz CT molecular complexity index is 851. The fraction of sp³-hybridized carbons (Fsp3) is 0.500. The Balaban J connectivity index is 1.33. The molecule has 0 unspecified atom stereocenters. The van der Waals surface area contributed by atoms with Crippen molar-refractivity contribution >= 4 is 40.6 Å². The van der Waals surface area contributed by atoms with Crippen LogP contribution in [0.1, 0.15) is 54.3 Å². The number of piperidine rings is 1. The minimum Gasteiger partial charge on any atom is -0.351 e. The quantitative estimate of drug-likeness (QED) is 0.561. The third kappa shape index (κ3) is 4.43. The molecule has 1 N–H and O–H groups in total. The smallest absolute Gasteiger partial charge is 0.261 e. The summed E-state index contributed by atoms with van der Waals surface area (Å²) in [6.45, 7) is 5.33. The fourth-order valence-corrected chi connectivity index (χ4v) is 6.83. The summed E-state index contributed by atoms with van der Waals surface area (Å²) < 4.78 is 0. The molecule has 1 fully saturated rings. The lowest BCUT2D eigenvalue weighted by molar-refractivity contribution is 0.0951. The summed E-state index contributed by atoms with van der Waals surface area (Å²) in [6.07, 6.45) is 6.26. The predicted octanol–water partition coefficient (Wildman–Crippen LogP) is 6.06. The Morgan fingerprint density at radius 1 is 1.32 bits per heavy atom. The lowest BCUT2D eigenvalue weighted by Gasteiger charge is -2.35. The van der Waals surface area contributed by atoms with Crippen molar-refractivity contribution in [1.82, 2.24) is 10.2 Å². The number of hydrogen-bond donors (Lipinski definition) is 1. The van der Waals surface area contributed by atoms with Gasteiger partial charge < -0.3 is 10.2 Å². The van der Waals surface area contributed by atoms with Gasteiger partial charge >= 0.3 is 0 Å². The molecule has 1 aromatic carbocycles. The monoisotopic (exact) mass is 434 g/mol. The average Bonchev–Trinajstić information content (AvgIpc) is 3.16. The zero-order valence-corrected chi connectivity index (χ0v) is 18.7. The molecule has 1 atom stereocenters. The summed E-state index contributed by atoms with van der Waals surface area (Å²) in [5.41, 5.74) is 2.46. The van der Waals surface area contributed by atoms with Crippen LogP contribution in [0.15, 0.2) is 29.2 Å². The molecule has 6 heteroatoms. The third-order valence-corrected chi connectivity index (χ3v) is 8.28. The van der Waals surface area contributed by atoms with E-state index in [0.29, 0.717) is 0 Å². The number of rotatable bonds is 6. The lowest BCUT2D eigenvalue weighted by Crippen LogP contribution is -2.40. The molecule has 0 spiro atoms. The van der Waals surface area contributed by atoms with Crippen molar-refractivity contribution in [2.45, 2.75) is 55.7 Å². The number of amides is 1. The van der Waals surface area contributed by atoms with Crippen molar-refractivity contribution in [3.63, 3.8) is 0 Å². The molecule has 0 saturated carbocycles. The summed E-state index contributed by atoms with van der Waals surface area (Å²) in [6, 6.07) is 8.83. The van der Waals surface area contributed by atoms with Crippen molar-refractivity contribution in [1.29, 1.82) is 0 Å². The van der Waals surface area contributed by atoms with E-state index in [1.54, 1.807) is 23.1 Å². The molecule has 1 aromatic heterocycles. The minimum absolute atomic E-state index is 0.0607. The van der Waals surface area contributed by atoms with Crippen LogP contribution in [-0.4, -0.2) is 36.5 Å². The van der Waals surface area contributed by atoms with E-state index in [2.05, 4.69) is 29.3 Å². The standard InChI is InChI=1S/C22H27ClN2OS2/c1-2-17-6-3-4-10-25(17)11-5-9-24-22(26)20-12-15-14-27-19-13-16(23)7-8-18(19)21(15)28-20/h7-8,12-13,17H,2-6,9-11,14H2,1H3,(H,24,26)/t17-/m1/s1. The number of hydrogen-bond acceptors (Lipinski definition) is 4. The Morgan fingerprint density at radius 2 is 2.21 bits per heavy atom. The van der Waals surface area contributed by atoms with E-state index in [4.69, 9.17) is 11.6 Å². The molecule has 1 amide bonds. The number of thioether (sulfide) groups is 1. The predicted molar refractivity (Wildman–Crippen MR) is 121 cm³/mol. The number of carbonyl (C=O) groups is 1. The van der Waals surface area contributed by atoms with Crippen molar-refractivity contribution in [2.75, 3.05) is 19.6 Å². The molecule has 0 aliphatic carbocycles. The van der Waals surface area contributed by atoms with Gasteiger partial charge in [-0.15, -0.1) is 23.1 Å². The second-order valence-electron chi connectivity index (χ2n) is 7.60. The number of fused-ring (bicyclic) bond motifs is 3. The highest BCUT2D eigenvalue weighted by Gasteiger charge is 2.23. The van der Waals surface area contributed by atoms with E-state index in [9.17, 15) is 4.79 Å². The van der Waals surface area contributed by atoms with Gasteiger partial charge in [0.1, 0.15) is 0 Å². The van der Waals surface area contributed by atoms with Gasteiger partial charge in [-0.05, 0) is 56.0 Å². The van der Waals surface area contributed by atoms with Crippen LogP contribution in [0.3, 0.4) is 0 Å². The molecule has 2 aliphatic heterocycles. The van der Waals surface area contributed by atoms with Crippen LogP contribution in [0.2, 0.25) is 5.02 Å². The number of halogens is 1. The van der Waals surface area contributed by atoms with Gasteiger partial charge in [-0.2, -0.15) is 0 Å². The van der Waals surface area contributed by atoms with Crippen molar-refractivity contribution in [3.8, 4) is 10.4 Å². The van der Waals surface area contributed by atoms with Gasteiger partial charge in [-0.25, -0.2) is 0 Å². The highest BCUT2D eigenvalue weighted by atomic mass is 35.5. The fourth-order valence-electron chi connectivity index (χ4n) is 4.22. The molecule has 3 heterocycles. The Kier molecular flexibility index (Phi) is 6.66. The van der Waals surface area contributed by atoms with Crippen molar-refractivity contribution in [2.24, 2.45) is 0 Å². The Morgan fingerprint density at radius 3 is 3.07 bits per heavy atom. The zero-order chi connectivity index (χ0) is 19.5. The van der Waals surface area contributed by atoms with Crippen LogP contribution in [0.4, 0.5) is 0 Å². The highest BCUT2D eigenvalue weighted by molar-refractivity contribution is 7.98. The van der Waals surface area contributed by atoms with Crippen LogP contribution in [0.25, 0.3) is 10.4 Å². The molecule has 4 rings (SSSR count). The molecule has 2 aliphatic rings. The van der Waals surface area contributed by atoms with E-state index in [1.165, 1.54) is 53.1 Å². The summed E-state index contributed by atoms with van der Waals surface area (Å²) in [7, 11) is 0. The topological polar surface area (TPSA) is 32.3 Å². The molecular formula is C22H27ClN2OS2. The second-order valence-corrected chi connectivity index (χ2v) is 10.1. The first-order valence-electron chi connectivity index (χ1n) is 10.2. The number of benzene rings is 1. The zero-order valence-electron chi connectivity index (χ0n) is 16.3. The Labute approximate surface area is 180 Å². The molecular weight excluding hydrogens is 408 g/mol. The van der Waals surface area contributed by atoms with Crippen LogP contribution < -0.4 is 5.32 Å². The second kappa shape index (κ2) is 9.21. The van der Waals surface area contributed by atoms with Gasteiger partial charge in [0, 0.05) is 45.2 Å². The summed E-state index contributed by atoms with van der Waals surface area (Å²) in [5.74, 6) is 0.963. The summed E-state index contributed by atoms with van der Waals surface area (Å²) in [4.78, 5) is 18.5. The maximum Gasteiger partial charge on any atom is 0.261 e. The van der Waals surface area contributed by atoms with Crippen LogP contribution in [-0.2, 0) is 5.75 Å². The van der Waals surface area contributed by atoms with Crippen LogP contribution in [0, 0.1) is 0 Å². The average molecular weight is 435 g/mol. The SMILES string of the molecule is CC[C@@H]1CCCCN1CCCNC(=O)c1cc2c(s1)-c1ccc(Cl)cc1SC2. The van der Waals surface area contributed by atoms with E-state index >= 15 is 0 Å². The third-order valence-electron chi connectivity index (χ3n) is 5.73. The van der Waals surface area contributed by atoms with Crippen molar-refractivity contribution in [3.05, 3.63) is 39.7 Å². The van der Waals surface area contributed by atoms with Gasteiger partial charge in [-0.3, -0.25) is 4.79 Å². The van der Waals surface area contributed by atoms with Gasteiger partial charge in [0.25, 0.3) is 5.91 Å². The number of likely N-dealkylation sites (tertiary alicyclic amines) is 1. The van der Waals surface area contributed by atoms with Crippen LogP contribution >= 0.6 is 34.7 Å². The van der Waals surface area contributed by atoms with E-state index in [0.717, 1.165) is 41.2 Å². The number of carbonyl (C=O) groups excluding carboxylic acids is 1. The van der Waals surface area contributed by atoms with E-state index in [1.807, 2.05) is 12.1 Å².